The van der Waals surface area contributed by atoms with E-state index in [2.05, 4.69) is 23.0 Å². The molecule has 3 aromatic heterocycles. The molecule has 4 aromatic rings. The van der Waals surface area contributed by atoms with Gasteiger partial charge in [-0.15, -0.1) is 0 Å². The fourth-order valence-electron chi connectivity index (χ4n) is 4.48. The molecule has 4 heterocycles. The number of H-pyrrole nitrogens is 1. The van der Waals surface area contributed by atoms with Gasteiger partial charge in [0.15, 0.2) is 0 Å². The van der Waals surface area contributed by atoms with Crippen molar-refractivity contribution >= 4 is 16.8 Å². The Kier molecular flexibility index (Phi) is 4.83. The molecule has 0 spiro atoms. The molecule has 1 aliphatic heterocycles. The van der Waals surface area contributed by atoms with E-state index in [0.717, 1.165) is 59.6 Å². The number of para-hydroxylation sites is 1. The van der Waals surface area contributed by atoms with Crippen LogP contribution in [-0.4, -0.2) is 36.9 Å². The predicted octanol–water partition coefficient (Wildman–Crippen LogP) is 4.22. The van der Waals surface area contributed by atoms with Crippen LogP contribution >= 0.6 is 0 Å². The second kappa shape index (κ2) is 7.78. The van der Waals surface area contributed by atoms with Crippen molar-refractivity contribution in [2.45, 2.75) is 38.6 Å². The van der Waals surface area contributed by atoms with Crippen LogP contribution in [0, 0.1) is 0 Å². The summed E-state index contributed by atoms with van der Waals surface area (Å²) in [4.78, 5) is 27.8. The molecule has 1 saturated heterocycles. The zero-order chi connectivity index (χ0) is 20.5. The maximum Gasteiger partial charge on any atom is 0.227 e. The first-order valence-corrected chi connectivity index (χ1v) is 10.6. The van der Waals surface area contributed by atoms with Crippen molar-refractivity contribution in [1.82, 2.24) is 24.4 Å². The predicted molar refractivity (Wildman–Crippen MR) is 116 cm³/mol. The lowest BCUT2D eigenvalue weighted by Crippen LogP contribution is -2.32. The van der Waals surface area contributed by atoms with E-state index >= 15 is 0 Å². The van der Waals surface area contributed by atoms with Crippen LogP contribution in [0.5, 0.6) is 0 Å². The molecule has 0 unspecified atom stereocenters. The molecule has 0 bridgehead atoms. The number of fused-ring (bicyclic) bond motifs is 1. The van der Waals surface area contributed by atoms with Gasteiger partial charge >= 0.3 is 0 Å². The number of pyridine rings is 1. The number of carbonyl (C=O) groups is 1. The molecule has 1 aromatic carbocycles. The molecule has 6 heteroatoms. The second-order valence-corrected chi connectivity index (χ2v) is 7.77. The highest BCUT2D eigenvalue weighted by Gasteiger charge is 2.31. The van der Waals surface area contributed by atoms with Gasteiger partial charge in [-0.3, -0.25) is 9.36 Å². The Balaban J connectivity index is 1.40. The number of aryl methyl sites for hydroxylation is 1. The fourth-order valence-corrected chi connectivity index (χ4v) is 4.48. The number of rotatable bonds is 5. The van der Waals surface area contributed by atoms with E-state index in [9.17, 15) is 4.79 Å². The summed E-state index contributed by atoms with van der Waals surface area (Å²) in [6.07, 6.45) is 8.90. The molecule has 1 atom stereocenters. The molecule has 0 radical (unpaired) electrons. The number of amides is 1. The zero-order valence-electron chi connectivity index (χ0n) is 17.1. The largest absolute Gasteiger partial charge is 0.361 e. The van der Waals surface area contributed by atoms with Gasteiger partial charge in [0.05, 0.1) is 18.2 Å². The number of likely N-dealkylation sites (tertiary alicyclic amines) is 1. The third-order valence-electron chi connectivity index (χ3n) is 5.97. The Morgan fingerprint density at radius 1 is 1.20 bits per heavy atom. The van der Waals surface area contributed by atoms with Crippen LogP contribution in [0.3, 0.4) is 0 Å². The van der Waals surface area contributed by atoms with Crippen molar-refractivity contribution in [2.24, 2.45) is 0 Å². The molecule has 5 rings (SSSR count). The van der Waals surface area contributed by atoms with E-state index in [1.54, 1.807) is 6.20 Å². The SMILES string of the molecule is CCc1nccn1-c1cccc([C@H]2CCCN2C(=O)Cc2c[nH]c3ccccc23)n1. The first-order valence-electron chi connectivity index (χ1n) is 10.6. The van der Waals surface area contributed by atoms with E-state index in [1.165, 1.54) is 0 Å². The average molecular weight is 399 g/mol. The molecule has 1 amide bonds. The lowest BCUT2D eigenvalue weighted by atomic mass is 10.1. The minimum Gasteiger partial charge on any atom is -0.361 e. The number of hydrogen-bond donors (Lipinski definition) is 1. The van der Waals surface area contributed by atoms with Gasteiger partial charge in [0.2, 0.25) is 5.91 Å². The molecule has 6 nitrogen and oxygen atoms in total. The number of hydrogen-bond acceptors (Lipinski definition) is 3. The van der Waals surface area contributed by atoms with Gasteiger partial charge in [0, 0.05) is 42.5 Å². The van der Waals surface area contributed by atoms with E-state index in [-0.39, 0.29) is 11.9 Å². The number of aromatic amines is 1. The van der Waals surface area contributed by atoms with Crippen LogP contribution in [0.2, 0.25) is 0 Å². The summed E-state index contributed by atoms with van der Waals surface area (Å²) in [7, 11) is 0. The van der Waals surface area contributed by atoms with Gasteiger partial charge < -0.3 is 9.88 Å². The van der Waals surface area contributed by atoms with Crippen LogP contribution in [0.15, 0.2) is 61.1 Å². The monoisotopic (exact) mass is 399 g/mol. The van der Waals surface area contributed by atoms with E-state index in [1.807, 2.05) is 58.3 Å². The summed E-state index contributed by atoms with van der Waals surface area (Å²) in [5.74, 6) is 2.00. The molecule has 30 heavy (non-hydrogen) atoms. The summed E-state index contributed by atoms with van der Waals surface area (Å²) in [6, 6.07) is 14.2. The third-order valence-corrected chi connectivity index (χ3v) is 5.97. The molecule has 0 saturated carbocycles. The fraction of sp³-hybridized carbons (Fsp3) is 0.292. The standard InChI is InChI=1S/C24H25N5O/c1-2-22-25-12-14-29(22)23-11-5-9-20(27-23)21-10-6-13-28(21)24(30)15-17-16-26-19-8-4-3-7-18(17)19/h3-5,7-9,11-12,14,16,21,26H,2,6,10,13,15H2,1H3/t21-/m1/s1. The molecular weight excluding hydrogens is 374 g/mol. The Labute approximate surface area is 175 Å². The lowest BCUT2D eigenvalue weighted by Gasteiger charge is -2.25. The van der Waals surface area contributed by atoms with Crippen LogP contribution in [0.4, 0.5) is 0 Å². The molecule has 0 aliphatic carbocycles. The maximum absolute atomic E-state index is 13.2. The summed E-state index contributed by atoms with van der Waals surface area (Å²) in [6.45, 7) is 2.87. The smallest absolute Gasteiger partial charge is 0.227 e. The van der Waals surface area contributed by atoms with Gasteiger partial charge in [-0.25, -0.2) is 9.97 Å². The number of nitrogens with one attached hydrogen (secondary N) is 1. The summed E-state index contributed by atoms with van der Waals surface area (Å²) >= 11 is 0. The average Bonchev–Trinajstić information content (AvgIpc) is 3.53. The van der Waals surface area contributed by atoms with Crippen molar-refractivity contribution in [3.63, 3.8) is 0 Å². The Bertz CT molecular complexity index is 1190. The van der Waals surface area contributed by atoms with Gasteiger partial charge in [0.1, 0.15) is 11.6 Å². The van der Waals surface area contributed by atoms with Gasteiger partial charge in [-0.1, -0.05) is 31.2 Å². The van der Waals surface area contributed by atoms with E-state index < -0.39 is 0 Å². The van der Waals surface area contributed by atoms with Crippen LogP contribution in [-0.2, 0) is 17.6 Å². The van der Waals surface area contributed by atoms with Crippen molar-refractivity contribution in [2.75, 3.05) is 6.54 Å². The number of carbonyl (C=O) groups excluding carboxylic acids is 1. The van der Waals surface area contributed by atoms with Crippen LogP contribution in [0.25, 0.3) is 16.7 Å². The lowest BCUT2D eigenvalue weighted by molar-refractivity contribution is -0.131. The highest BCUT2D eigenvalue weighted by molar-refractivity contribution is 5.89. The molecule has 1 aliphatic rings. The molecule has 152 valence electrons. The zero-order valence-corrected chi connectivity index (χ0v) is 17.1. The minimum absolute atomic E-state index is 0.0243. The van der Waals surface area contributed by atoms with E-state index in [0.29, 0.717) is 6.42 Å². The highest BCUT2D eigenvalue weighted by atomic mass is 16.2. The Morgan fingerprint density at radius 2 is 2.10 bits per heavy atom. The topological polar surface area (TPSA) is 66.8 Å². The third kappa shape index (κ3) is 3.28. The van der Waals surface area contributed by atoms with Crippen LogP contribution in [0.1, 0.15) is 42.9 Å². The van der Waals surface area contributed by atoms with E-state index in [4.69, 9.17) is 4.98 Å². The van der Waals surface area contributed by atoms with Crippen molar-refractivity contribution < 1.29 is 4.79 Å². The number of benzene rings is 1. The highest BCUT2D eigenvalue weighted by Crippen LogP contribution is 2.32. The first kappa shape index (κ1) is 18.6. The van der Waals surface area contributed by atoms with Gasteiger partial charge in [0.25, 0.3) is 0 Å². The number of nitrogens with zero attached hydrogens (tertiary/aromatic N) is 4. The summed E-state index contributed by atoms with van der Waals surface area (Å²) < 4.78 is 2.02. The van der Waals surface area contributed by atoms with Crippen molar-refractivity contribution in [1.29, 1.82) is 0 Å². The Hall–Kier alpha value is -3.41. The van der Waals surface area contributed by atoms with Gasteiger partial charge in [-0.2, -0.15) is 0 Å². The molecular formula is C24H25N5O. The first-order chi connectivity index (χ1) is 14.7. The van der Waals surface area contributed by atoms with Crippen molar-refractivity contribution in [3.05, 3.63) is 78.1 Å². The quantitative estimate of drug-likeness (QED) is 0.546. The summed E-state index contributed by atoms with van der Waals surface area (Å²) in [5, 5.41) is 1.12. The number of imidazole rings is 1. The maximum atomic E-state index is 13.2. The normalized spacial score (nSPS) is 16.4. The Morgan fingerprint density at radius 3 is 3.00 bits per heavy atom. The molecule has 1 fully saturated rings. The van der Waals surface area contributed by atoms with Crippen molar-refractivity contribution in [3.8, 4) is 5.82 Å². The van der Waals surface area contributed by atoms with Crippen LogP contribution < -0.4 is 0 Å². The minimum atomic E-state index is 0.0243. The second-order valence-electron chi connectivity index (χ2n) is 7.77. The number of aromatic nitrogens is 4. The molecule has 1 N–H and O–H groups in total. The van der Waals surface area contributed by atoms with Gasteiger partial charge in [-0.05, 0) is 36.6 Å². The summed E-state index contributed by atoms with van der Waals surface area (Å²) in [5.41, 5.74) is 3.07.